The fourth-order valence-electron chi connectivity index (χ4n) is 2.05. The fraction of sp³-hybridized carbons (Fsp3) is 0.417. The summed E-state index contributed by atoms with van der Waals surface area (Å²) in [6, 6.07) is 3.01. The molecule has 0 saturated carbocycles. The average Bonchev–Trinajstić information content (AvgIpc) is 2.72. The molecule has 1 aromatic rings. The van der Waals surface area contributed by atoms with E-state index >= 15 is 0 Å². The highest BCUT2D eigenvalue weighted by Gasteiger charge is 2.24. The van der Waals surface area contributed by atoms with Gasteiger partial charge in [-0.15, -0.1) is 0 Å². The second-order valence-corrected chi connectivity index (χ2v) is 6.12. The number of nitrogens with zero attached hydrogens (tertiary/aromatic N) is 1. The molecule has 1 aliphatic heterocycles. The van der Waals surface area contributed by atoms with Gasteiger partial charge in [0, 0.05) is 41.1 Å². The summed E-state index contributed by atoms with van der Waals surface area (Å²) in [6.45, 7) is 0.493. The molecule has 0 radical (unpaired) electrons. The topological polar surface area (TPSA) is 101 Å². The standard InChI is InChI=1S/C12H15N3O4S/c1-20(19)4-2-3-13-10-7-9-8(6-12(16)14-9)5-11(10)15(17)18/h5,7,13H,2-4,6H2,1H3,(H,14,16). The molecule has 0 aliphatic carbocycles. The molecule has 1 unspecified atom stereocenters. The third kappa shape index (κ3) is 3.32. The quantitative estimate of drug-likeness (QED) is 0.468. The molecule has 20 heavy (non-hydrogen) atoms. The molecule has 0 saturated heterocycles. The minimum atomic E-state index is -0.873. The predicted octanol–water partition coefficient (Wildman–Crippen LogP) is 1.27. The number of fused-ring (bicyclic) bond motifs is 1. The van der Waals surface area contributed by atoms with Gasteiger partial charge in [-0.25, -0.2) is 0 Å². The van der Waals surface area contributed by atoms with Gasteiger partial charge in [0.1, 0.15) is 5.69 Å². The first kappa shape index (κ1) is 14.4. The van der Waals surface area contributed by atoms with Gasteiger partial charge in [-0.05, 0) is 18.1 Å². The summed E-state index contributed by atoms with van der Waals surface area (Å²) < 4.78 is 10.9. The maximum Gasteiger partial charge on any atom is 0.292 e. The van der Waals surface area contributed by atoms with Crippen molar-refractivity contribution in [1.29, 1.82) is 0 Å². The summed E-state index contributed by atoms with van der Waals surface area (Å²) in [5.74, 6) is 0.385. The van der Waals surface area contributed by atoms with Gasteiger partial charge in [-0.1, -0.05) is 0 Å². The lowest BCUT2D eigenvalue weighted by molar-refractivity contribution is -0.384. The highest BCUT2D eigenvalue weighted by atomic mass is 32.2. The molecule has 0 spiro atoms. The molecule has 0 bridgehead atoms. The van der Waals surface area contributed by atoms with Gasteiger partial charge in [0.2, 0.25) is 5.91 Å². The molecular weight excluding hydrogens is 282 g/mol. The Morgan fingerprint density at radius 2 is 2.25 bits per heavy atom. The maximum absolute atomic E-state index is 11.3. The largest absolute Gasteiger partial charge is 0.379 e. The van der Waals surface area contributed by atoms with Crippen LogP contribution in [0.2, 0.25) is 0 Å². The van der Waals surface area contributed by atoms with Crippen molar-refractivity contribution in [2.45, 2.75) is 12.8 Å². The summed E-state index contributed by atoms with van der Waals surface area (Å²) >= 11 is 0. The molecule has 1 atom stereocenters. The number of amides is 1. The zero-order valence-electron chi connectivity index (χ0n) is 11.0. The van der Waals surface area contributed by atoms with E-state index in [1.165, 1.54) is 6.07 Å². The van der Waals surface area contributed by atoms with Crippen LogP contribution in [0.1, 0.15) is 12.0 Å². The van der Waals surface area contributed by atoms with E-state index in [9.17, 15) is 19.1 Å². The van der Waals surface area contributed by atoms with Gasteiger partial charge in [0.05, 0.1) is 11.3 Å². The lowest BCUT2D eigenvalue weighted by Crippen LogP contribution is -2.08. The van der Waals surface area contributed by atoms with E-state index in [0.717, 1.165) is 0 Å². The van der Waals surface area contributed by atoms with E-state index in [-0.39, 0.29) is 18.0 Å². The molecule has 1 aliphatic rings. The number of carbonyl (C=O) groups excluding carboxylic acids is 1. The Labute approximate surface area is 118 Å². The van der Waals surface area contributed by atoms with Crippen molar-refractivity contribution in [3.63, 3.8) is 0 Å². The first-order chi connectivity index (χ1) is 9.47. The van der Waals surface area contributed by atoms with Crippen molar-refractivity contribution >= 4 is 33.8 Å². The van der Waals surface area contributed by atoms with E-state index in [2.05, 4.69) is 10.6 Å². The number of carbonyl (C=O) groups is 1. The van der Waals surface area contributed by atoms with Gasteiger partial charge in [-0.3, -0.25) is 19.1 Å². The number of nitrogens with one attached hydrogen (secondary N) is 2. The second-order valence-electron chi connectivity index (χ2n) is 4.57. The number of rotatable bonds is 6. The van der Waals surface area contributed by atoms with E-state index in [4.69, 9.17) is 0 Å². The molecule has 2 N–H and O–H groups in total. The highest BCUT2D eigenvalue weighted by Crippen LogP contribution is 2.34. The number of hydrogen-bond donors (Lipinski definition) is 2. The van der Waals surface area contributed by atoms with E-state index in [1.807, 2.05) is 0 Å². The van der Waals surface area contributed by atoms with Crippen molar-refractivity contribution in [3.8, 4) is 0 Å². The Morgan fingerprint density at radius 3 is 2.90 bits per heavy atom. The lowest BCUT2D eigenvalue weighted by atomic mass is 10.1. The summed E-state index contributed by atoms with van der Waals surface area (Å²) in [4.78, 5) is 21.9. The van der Waals surface area contributed by atoms with Crippen LogP contribution in [0.5, 0.6) is 0 Å². The van der Waals surface area contributed by atoms with E-state index in [1.54, 1.807) is 12.3 Å². The second kappa shape index (κ2) is 6.00. The van der Waals surface area contributed by atoms with Crippen LogP contribution in [0.3, 0.4) is 0 Å². The first-order valence-corrected chi connectivity index (χ1v) is 7.85. The Hall–Kier alpha value is -1.96. The van der Waals surface area contributed by atoms with Crippen LogP contribution in [-0.2, 0) is 22.0 Å². The summed E-state index contributed by atoms with van der Waals surface area (Å²) in [5.41, 5.74) is 1.58. The third-order valence-electron chi connectivity index (χ3n) is 2.97. The monoisotopic (exact) mass is 297 g/mol. The number of benzene rings is 1. The fourth-order valence-corrected chi connectivity index (χ4v) is 2.60. The molecule has 0 aromatic heterocycles. The van der Waals surface area contributed by atoms with Gasteiger partial charge in [0.25, 0.3) is 5.69 Å². The van der Waals surface area contributed by atoms with E-state index < -0.39 is 15.7 Å². The molecular formula is C12H15N3O4S. The molecule has 1 aromatic carbocycles. The van der Waals surface area contributed by atoms with Crippen molar-refractivity contribution in [3.05, 3.63) is 27.8 Å². The average molecular weight is 297 g/mol. The van der Waals surface area contributed by atoms with Crippen LogP contribution in [0.15, 0.2) is 12.1 Å². The summed E-state index contributed by atoms with van der Waals surface area (Å²) in [6.07, 6.45) is 2.45. The molecule has 8 heteroatoms. The number of nitro benzene ring substituents is 1. The SMILES string of the molecule is CS(=O)CCCNc1cc2c(cc1[N+](=O)[O-])CC(=O)N2. The Balaban J connectivity index is 2.14. The Bertz CT molecular complexity index is 588. The molecule has 1 amide bonds. The summed E-state index contributed by atoms with van der Waals surface area (Å²) in [5, 5.41) is 16.7. The number of anilines is 2. The smallest absolute Gasteiger partial charge is 0.292 e. The van der Waals surface area contributed by atoms with Gasteiger partial charge >= 0.3 is 0 Å². The van der Waals surface area contributed by atoms with Crippen LogP contribution >= 0.6 is 0 Å². The maximum atomic E-state index is 11.3. The normalized spacial score (nSPS) is 14.6. The zero-order valence-corrected chi connectivity index (χ0v) is 11.8. The van der Waals surface area contributed by atoms with Crippen molar-refractivity contribution < 1.29 is 13.9 Å². The third-order valence-corrected chi connectivity index (χ3v) is 3.83. The van der Waals surface area contributed by atoms with Crippen LogP contribution < -0.4 is 10.6 Å². The highest BCUT2D eigenvalue weighted by molar-refractivity contribution is 7.84. The van der Waals surface area contributed by atoms with Crippen molar-refractivity contribution in [2.24, 2.45) is 0 Å². The zero-order chi connectivity index (χ0) is 14.7. The molecule has 108 valence electrons. The molecule has 1 heterocycles. The van der Waals surface area contributed by atoms with Crippen LogP contribution in [-0.4, -0.2) is 33.6 Å². The molecule has 0 fully saturated rings. The Morgan fingerprint density at radius 1 is 1.50 bits per heavy atom. The minimum Gasteiger partial charge on any atom is -0.379 e. The minimum absolute atomic E-state index is 0.0436. The molecule has 7 nitrogen and oxygen atoms in total. The number of nitro groups is 1. The van der Waals surface area contributed by atoms with Crippen LogP contribution in [0.25, 0.3) is 0 Å². The number of hydrogen-bond acceptors (Lipinski definition) is 5. The summed E-state index contributed by atoms with van der Waals surface area (Å²) in [7, 11) is -0.873. The predicted molar refractivity (Wildman–Crippen MR) is 77.5 cm³/mol. The van der Waals surface area contributed by atoms with Crippen LogP contribution in [0, 0.1) is 10.1 Å². The van der Waals surface area contributed by atoms with E-state index in [0.29, 0.717) is 35.7 Å². The van der Waals surface area contributed by atoms with Gasteiger partial charge < -0.3 is 10.6 Å². The van der Waals surface area contributed by atoms with Gasteiger partial charge in [-0.2, -0.15) is 0 Å². The van der Waals surface area contributed by atoms with Gasteiger partial charge in [0.15, 0.2) is 0 Å². The van der Waals surface area contributed by atoms with Crippen molar-refractivity contribution in [2.75, 3.05) is 29.2 Å². The lowest BCUT2D eigenvalue weighted by Gasteiger charge is -2.08. The first-order valence-electron chi connectivity index (χ1n) is 6.12. The molecule has 2 rings (SSSR count). The van der Waals surface area contributed by atoms with Crippen molar-refractivity contribution in [1.82, 2.24) is 0 Å². The van der Waals surface area contributed by atoms with Crippen LogP contribution in [0.4, 0.5) is 17.1 Å². The Kier molecular flexibility index (Phi) is 4.33.